The summed E-state index contributed by atoms with van der Waals surface area (Å²) in [6.07, 6.45) is 2.80. The maximum absolute atomic E-state index is 12.0. The molecular weight excluding hydrogens is 220 g/mol. The lowest BCUT2D eigenvalue weighted by molar-refractivity contribution is -0.137. The molecule has 2 fully saturated rings. The number of hydrogen-bond acceptors (Lipinski definition) is 3. The van der Waals surface area contributed by atoms with E-state index in [0.717, 1.165) is 12.8 Å². The number of carbonyl (C=O) groups excluding carboxylic acids is 2. The molecule has 1 aliphatic heterocycles. The van der Waals surface area contributed by atoms with E-state index >= 15 is 0 Å². The Hall–Kier alpha value is -1.10. The normalized spacial score (nSPS) is 26.2. The second-order valence-electron chi connectivity index (χ2n) is 5.16. The maximum atomic E-state index is 12.0. The summed E-state index contributed by atoms with van der Waals surface area (Å²) >= 11 is 0. The first kappa shape index (κ1) is 12.4. The second-order valence-corrected chi connectivity index (χ2v) is 5.16. The first-order valence-corrected chi connectivity index (χ1v) is 6.27. The van der Waals surface area contributed by atoms with E-state index in [0.29, 0.717) is 31.8 Å². The maximum Gasteiger partial charge on any atom is 0.227 e. The van der Waals surface area contributed by atoms with Gasteiger partial charge in [-0.15, -0.1) is 0 Å². The van der Waals surface area contributed by atoms with Crippen LogP contribution in [0.2, 0.25) is 0 Å². The number of rotatable bonds is 4. The molecule has 0 bridgehead atoms. The van der Waals surface area contributed by atoms with Gasteiger partial charge in [0.25, 0.3) is 0 Å². The SMILES string of the molecule is CN(CC(O)C1CC1)C(=O)C1CCC(=O)NC1. The third kappa shape index (κ3) is 3.19. The lowest BCUT2D eigenvalue weighted by Gasteiger charge is -2.28. The Morgan fingerprint density at radius 3 is 2.76 bits per heavy atom. The standard InChI is InChI=1S/C12H20N2O3/c1-14(7-10(15)8-2-3-8)12(17)9-4-5-11(16)13-6-9/h8-10,15H,2-7H2,1H3,(H,13,16). The van der Waals surface area contributed by atoms with E-state index in [1.807, 2.05) is 0 Å². The fourth-order valence-corrected chi connectivity index (χ4v) is 2.26. The molecule has 0 aromatic heterocycles. The van der Waals surface area contributed by atoms with Crippen molar-refractivity contribution in [2.45, 2.75) is 31.8 Å². The van der Waals surface area contributed by atoms with Crippen molar-refractivity contribution in [1.82, 2.24) is 10.2 Å². The molecule has 2 rings (SSSR count). The third-order valence-corrected chi connectivity index (χ3v) is 3.62. The molecule has 1 saturated carbocycles. The van der Waals surface area contributed by atoms with Crippen molar-refractivity contribution in [1.29, 1.82) is 0 Å². The van der Waals surface area contributed by atoms with Crippen LogP contribution in [0, 0.1) is 11.8 Å². The summed E-state index contributed by atoms with van der Waals surface area (Å²) in [5, 5.41) is 12.5. The summed E-state index contributed by atoms with van der Waals surface area (Å²) in [5.74, 6) is 0.319. The Bertz CT molecular complexity index is 305. The number of nitrogens with zero attached hydrogens (tertiary/aromatic N) is 1. The Morgan fingerprint density at radius 2 is 2.24 bits per heavy atom. The predicted octanol–water partition coefficient (Wildman–Crippen LogP) is -0.258. The number of aliphatic hydroxyl groups excluding tert-OH is 1. The quantitative estimate of drug-likeness (QED) is 0.711. The van der Waals surface area contributed by atoms with Crippen LogP contribution in [0.1, 0.15) is 25.7 Å². The van der Waals surface area contributed by atoms with Gasteiger partial charge in [-0.05, 0) is 25.2 Å². The summed E-state index contributed by atoms with van der Waals surface area (Å²) in [6.45, 7) is 0.843. The van der Waals surface area contributed by atoms with Gasteiger partial charge in [-0.3, -0.25) is 9.59 Å². The second kappa shape index (κ2) is 5.04. The number of hydrogen-bond donors (Lipinski definition) is 2. The molecular formula is C12H20N2O3. The van der Waals surface area contributed by atoms with E-state index < -0.39 is 0 Å². The molecule has 0 aromatic rings. The molecule has 5 nitrogen and oxygen atoms in total. The van der Waals surface area contributed by atoms with Crippen molar-refractivity contribution in [3.8, 4) is 0 Å². The zero-order valence-corrected chi connectivity index (χ0v) is 10.2. The number of aliphatic hydroxyl groups is 1. The summed E-state index contributed by atoms with van der Waals surface area (Å²) in [7, 11) is 1.73. The number of likely N-dealkylation sites (N-methyl/N-ethyl adjacent to an activating group) is 1. The molecule has 2 amide bonds. The van der Waals surface area contributed by atoms with Crippen LogP contribution in [0.3, 0.4) is 0 Å². The Morgan fingerprint density at radius 1 is 1.53 bits per heavy atom. The van der Waals surface area contributed by atoms with Crippen molar-refractivity contribution in [2.24, 2.45) is 11.8 Å². The van der Waals surface area contributed by atoms with E-state index in [-0.39, 0.29) is 23.8 Å². The van der Waals surface area contributed by atoms with Crippen LogP contribution in [0.5, 0.6) is 0 Å². The molecule has 1 saturated heterocycles. The number of piperidine rings is 1. The largest absolute Gasteiger partial charge is 0.391 e. The molecule has 0 spiro atoms. The van der Waals surface area contributed by atoms with E-state index in [1.165, 1.54) is 0 Å². The summed E-state index contributed by atoms with van der Waals surface area (Å²) in [6, 6.07) is 0. The van der Waals surface area contributed by atoms with E-state index in [2.05, 4.69) is 5.32 Å². The Kier molecular flexibility index (Phi) is 3.66. The molecule has 96 valence electrons. The van der Waals surface area contributed by atoms with Crippen molar-refractivity contribution < 1.29 is 14.7 Å². The van der Waals surface area contributed by atoms with Crippen molar-refractivity contribution in [3.05, 3.63) is 0 Å². The highest BCUT2D eigenvalue weighted by Gasteiger charge is 2.33. The molecule has 2 aliphatic rings. The molecule has 17 heavy (non-hydrogen) atoms. The first-order valence-electron chi connectivity index (χ1n) is 6.27. The van der Waals surface area contributed by atoms with Crippen LogP contribution in [0.25, 0.3) is 0 Å². The molecule has 0 radical (unpaired) electrons. The predicted molar refractivity (Wildman–Crippen MR) is 62.1 cm³/mol. The van der Waals surface area contributed by atoms with E-state index in [4.69, 9.17) is 0 Å². The highest BCUT2D eigenvalue weighted by atomic mass is 16.3. The lowest BCUT2D eigenvalue weighted by atomic mass is 9.97. The molecule has 0 aromatic carbocycles. The molecule has 1 aliphatic carbocycles. The fraction of sp³-hybridized carbons (Fsp3) is 0.833. The van der Waals surface area contributed by atoms with Crippen LogP contribution in [-0.4, -0.2) is 48.1 Å². The summed E-state index contributed by atoms with van der Waals surface area (Å²) < 4.78 is 0. The van der Waals surface area contributed by atoms with Crippen molar-refractivity contribution in [3.63, 3.8) is 0 Å². The fourth-order valence-electron chi connectivity index (χ4n) is 2.26. The minimum absolute atomic E-state index is 0.0229. The number of amides is 2. The van der Waals surface area contributed by atoms with Crippen LogP contribution in [0.15, 0.2) is 0 Å². The average Bonchev–Trinajstić information content (AvgIpc) is 3.12. The van der Waals surface area contributed by atoms with Gasteiger partial charge in [0, 0.05) is 26.6 Å². The van der Waals surface area contributed by atoms with Gasteiger partial charge in [0.2, 0.25) is 11.8 Å². The van der Waals surface area contributed by atoms with E-state index in [9.17, 15) is 14.7 Å². The van der Waals surface area contributed by atoms with Crippen molar-refractivity contribution in [2.75, 3.05) is 20.1 Å². The zero-order chi connectivity index (χ0) is 12.4. The average molecular weight is 240 g/mol. The lowest BCUT2D eigenvalue weighted by Crippen LogP contribution is -2.45. The number of carbonyl (C=O) groups is 2. The Balaban J connectivity index is 1.79. The van der Waals surface area contributed by atoms with Gasteiger partial charge in [-0.2, -0.15) is 0 Å². The van der Waals surface area contributed by atoms with Crippen LogP contribution < -0.4 is 5.32 Å². The van der Waals surface area contributed by atoms with Crippen LogP contribution >= 0.6 is 0 Å². The molecule has 2 atom stereocenters. The summed E-state index contributed by atoms with van der Waals surface area (Å²) in [4.78, 5) is 24.6. The first-order chi connectivity index (χ1) is 8.08. The van der Waals surface area contributed by atoms with Gasteiger partial charge < -0.3 is 15.3 Å². The minimum Gasteiger partial charge on any atom is -0.391 e. The Labute approximate surface area is 101 Å². The van der Waals surface area contributed by atoms with Crippen LogP contribution in [0.4, 0.5) is 0 Å². The topological polar surface area (TPSA) is 69.6 Å². The van der Waals surface area contributed by atoms with Crippen LogP contribution in [-0.2, 0) is 9.59 Å². The molecule has 1 heterocycles. The van der Waals surface area contributed by atoms with Gasteiger partial charge in [0.15, 0.2) is 0 Å². The van der Waals surface area contributed by atoms with Gasteiger partial charge in [0.1, 0.15) is 0 Å². The van der Waals surface area contributed by atoms with Gasteiger partial charge in [0.05, 0.1) is 12.0 Å². The molecule has 5 heteroatoms. The highest BCUT2D eigenvalue weighted by molar-refractivity contribution is 5.83. The highest BCUT2D eigenvalue weighted by Crippen LogP contribution is 2.32. The van der Waals surface area contributed by atoms with Gasteiger partial charge >= 0.3 is 0 Å². The monoisotopic (exact) mass is 240 g/mol. The van der Waals surface area contributed by atoms with Gasteiger partial charge in [-0.1, -0.05) is 0 Å². The summed E-state index contributed by atoms with van der Waals surface area (Å²) in [5.41, 5.74) is 0. The third-order valence-electron chi connectivity index (χ3n) is 3.62. The van der Waals surface area contributed by atoms with Crippen molar-refractivity contribution >= 4 is 11.8 Å². The minimum atomic E-state index is -0.387. The van der Waals surface area contributed by atoms with Gasteiger partial charge in [-0.25, -0.2) is 0 Å². The zero-order valence-electron chi connectivity index (χ0n) is 10.2. The van der Waals surface area contributed by atoms with E-state index in [1.54, 1.807) is 11.9 Å². The molecule has 2 unspecified atom stereocenters. The number of nitrogens with one attached hydrogen (secondary N) is 1. The molecule has 2 N–H and O–H groups in total. The smallest absolute Gasteiger partial charge is 0.227 e.